The van der Waals surface area contributed by atoms with Crippen LogP contribution in [-0.4, -0.2) is 7.11 Å². The van der Waals surface area contributed by atoms with Gasteiger partial charge in [0.05, 0.1) is 6.61 Å². The van der Waals surface area contributed by atoms with Crippen LogP contribution < -0.4 is 0 Å². The van der Waals surface area contributed by atoms with Crippen LogP contribution in [0.2, 0.25) is 0 Å². The Kier molecular flexibility index (Phi) is 6.54. The fraction of sp³-hybridized carbons (Fsp3) is 0.652. The Balaban J connectivity index is 1.47. The number of allylic oxidation sites excluding steroid dienone is 2. The summed E-state index contributed by atoms with van der Waals surface area (Å²) < 4.78 is 5.21. The van der Waals surface area contributed by atoms with Crippen molar-refractivity contribution in [1.29, 1.82) is 0 Å². The van der Waals surface area contributed by atoms with Crippen LogP contribution in [0.4, 0.5) is 0 Å². The highest BCUT2D eigenvalue weighted by atomic mass is 16.5. The first-order valence-electron chi connectivity index (χ1n) is 10.0. The number of hydrogen-bond donors (Lipinski definition) is 0. The van der Waals surface area contributed by atoms with E-state index < -0.39 is 0 Å². The molecule has 0 bridgehead atoms. The van der Waals surface area contributed by atoms with Crippen molar-refractivity contribution in [3.63, 3.8) is 0 Å². The lowest BCUT2D eigenvalue weighted by Gasteiger charge is -2.37. The Morgan fingerprint density at radius 1 is 0.875 bits per heavy atom. The Labute approximate surface area is 148 Å². The van der Waals surface area contributed by atoms with E-state index in [9.17, 15) is 0 Å². The van der Waals surface area contributed by atoms with Crippen LogP contribution in [0.15, 0.2) is 36.4 Å². The van der Waals surface area contributed by atoms with Crippen molar-refractivity contribution in [3.8, 4) is 0 Å². The average molecular weight is 327 g/mol. The zero-order valence-electron chi connectivity index (χ0n) is 15.5. The molecule has 0 atom stereocenters. The van der Waals surface area contributed by atoms with Crippen molar-refractivity contribution in [1.82, 2.24) is 0 Å². The zero-order chi connectivity index (χ0) is 16.8. The minimum Gasteiger partial charge on any atom is -0.380 e. The summed E-state index contributed by atoms with van der Waals surface area (Å²) in [6.45, 7) is 2.89. The molecule has 0 radical (unpaired) electrons. The summed E-state index contributed by atoms with van der Waals surface area (Å²) >= 11 is 0. The van der Waals surface area contributed by atoms with E-state index in [1.807, 2.05) is 0 Å². The van der Waals surface area contributed by atoms with Gasteiger partial charge in [0.1, 0.15) is 0 Å². The maximum absolute atomic E-state index is 5.21. The fourth-order valence-corrected chi connectivity index (χ4v) is 5.06. The van der Waals surface area contributed by atoms with Crippen LogP contribution in [-0.2, 0) is 11.3 Å². The van der Waals surface area contributed by atoms with E-state index in [1.165, 1.54) is 56.9 Å². The zero-order valence-corrected chi connectivity index (χ0v) is 15.5. The van der Waals surface area contributed by atoms with E-state index in [2.05, 4.69) is 43.3 Å². The van der Waals surface area contributed by atoms with E-state index in [-0.39, 0.29) is 0 Å². The lowest BCUT2D eigenvalue weighted by atomic mass is 9.68. The third-order valence-corrected chi connectivity index (χ3v) is 6.48. The molecule has 2 saturated carbocycles. The molecule has 0 saturated heterocycles. The molecule has 2 aliphatic carbocycles. The molecule has 1 nitrogen and oxygen atoms in total. The topological polar surface area (TPSA) is 9.23 Å². The fourth-order valence-electron chi connectivity index (χ4n) is 5.06. The molecule has 0 spiro atoms. The average Bonchev–Trinajstić information content (AvgIpc) is 2.64. The van der Waals surface area contributed by atoms with Gasteiger partial charge < -0.3 is 4.74 Å². The third kappa shape index (κ3) is 4.51. The van der Waals surface area contributed by atoms with Gasteiger partial charge in [-0.25, -0.2) is 0 Å². The highest BCUT2D eigenvalue weighted by Gasteiger charge is 2.30. The summed E-state index contributed by atoms with van der Waals surface area (Å²) in [4.78, 5) is 0. The molecule has 0 unspecified atom stereocenters. The van der Waals surface area contributed by atoms with Gasteiger partial charge in [-0.1, -0.05) is 36.4 Å². The van der Waals surface area contributed by atoms with Crippen LogP contribution in [0.25, 0.3) is 0 Å². The number of benzene rings is 1. The van der Waals surface area contributed by atoms with Gasteiger partial charge >= 0.3 is 0 Å². The van der Waals surface area contributed by atoms with Gasteiger partial charge in [0.15, 0.2) is 0 Å². The van der Waals surface area contributed by atoms with Gasteiger partial charge in [-0.3, -0.25) is 0 Å². The second kappa shape index (κ2) is 8.85. The highest BCUT2D eigenvalue weighted by molar-refractivity contribution is 5.25. The largest absolute Gasteiger partial charge is 0.380 e. The predicted molar refractivity (Wildman–Crippen MR) is 102 cm³/mol. The summed E-state index contributed by atoms with van der Waals surface area (Å²) in [5.74, 6) is 3.67. The molecule has 132 valence electrons. The standard InChI is InChI=1S/C23H34O/c1-3-4-18-5-9-20(10-6-18)22-13-15-23(16-14-22)21-11-7-19(8-12-21)17-24-2/h3-4,7-8,11-12,18,20,22-23H,5-6,9-10,13-17H2,1-2H3/b4-3-/t18-,20-,22?,23?. The SMILES string of the molecule is C/C=C\[C@H]1CC[C@H](C2CCC(c3ccc(COC)cc3)CC2)CC1. The van der Waals surface area contributed by atoms with Crippen molar-refractivity contribution in [2.75, 3.05) is 7.11 Å². The molecule has 1 heteroatoms. The normalized spacial score (nSPS) is 31.4. The van der Waals surface area contributed by atoms with Gasteiger partial charge in [0.25, 0.3) is 0 Å². The Hall–Kier alpha value is -1.08. The Morgan fingerprint density at radius 2 is 1.46 bits per heavy atom. The lowest BCUT2D eigenvalue weighted by molar-refractivity contribution is 0.171. The minimum atomic E-state index is 0.725. The highest BCUT2D eigenvalue weighted by Crippen LogP contribution is 2.44. The monoisotopic (exact) mass is 326 g/mol. The first-order valence-corrected chi connectivity index (χ1v) is 10.0. The maximum Gasteiger partial charge on any atom is 0.0713 e. The first-order chi connectivity index (χ1) is 11.8. The summed E-state index contributed by atoms with van der Waals surface area (Å²) in [7, 11) is 1.77. The summed E-state index contributed by atoms with van der Waals surface area (Å²) in [5.41, 5.74) is 2.83. The molecule has 0 heterocycles. The maximum atomic E-state index is 5.21. The molecule has 0 aliphatic heterocycles. The van der Waals surface area contributed by atoms with Crippen LogP contribution >= 0.6 is 0 Å². The third-order valence-electron chi connectivity index (χ3n) is 6.48. The Morgan fingerprint density at radius 3 is 2.00 bits per heavy atom. The molecule has 0 aromatic heterocycles. The van der Waals surface area contributed by atoms with Crippen molar-refractivity contribution >= 4 is 0 Å². The minimum absolute atomic E-state index is 0.725. The van der Waals surface area contributed by atoms with Gasteiger partial charge in [0.2, 0.25) is 0 Å². The summed E-state index contributed by atoms with van der Waals surface area (Å²) in [6, 6.07) is 9.16. The van der Waals surface area contributed by atoms with E-state index in [0.29, 0.717) is 0 Å². The van der Waals surface area contributed by atoms with Gasteiger partial charge in [-0.05, 0) is 93.1 Å². The molecule has 1 aromatic carbocycles. The number of rotatable bonds is 5. The lowest BCUT2D eigenvalue weighted by Crippen LogP contribution is -2.25. The van der Waals surface area contributed by atoms with Crippen molar-refractivity contribution in [2.24, 2.45) is 17.8 Å². The van der Waals surface area contributed by atoms with Crippen LogP contribution in [0.1, 0.15) is 75.3 Å². The smallest absolute Gasteiger partial charge is 0.0713 e. The molecule has 2 fully saturated rings. The molecule has 24 heavy (non-hydrogen) atoms. The molecule has 0 N–H and O–H groups in total. The molecule has 1 aromatic rings. The van der Waals surface area contributed by atoms with E-state index in [4.69, 9.17) is 4.74 Å². The van der Waals surface area contributed by atoms with Crippen molar-refractivity contribution in [3.05, 3.63) is 47.5 Å². The van der Waals surface area contributed by atoms with Crippen molar-refractivity contribution < 1.29 is 4.74 Å². The molecule has 2 aliphatic rings. The number of ether oxygens (including phenoxy) is 1. The molecule has 3 rings (SSSR count). The van der Waals surface area contributed by atoms with Gasteiger partial charge in [-0.2, -0.15) is 0 Å². The quantitative estimate of drug-likeness (QED) is 0.562. The van der Waals surface area contributed by atoms with Crippen LogP contribution in [0.3, 0.4) is 0 Å². The number of methoxy groups -OCH3 is 1. The Bertz CT molecular complexity index is 499. The van der Waals surface area contributed by atoms with Crippen LogP contribution in [0.5, 0.6) is 0 Å². The van der Waals surface area contributed by atoms with E-state index in [1.54, 1.807) is 12.7 Å². The summed E-state index contributed by atoms with van der Waals surface area (Å²) in [5, 5.41) is 0. The predicted octanol–water partition coefficient (Wildman–Crippen LogP) is 6.49. The first kappa shape index (κ1) is 17.7. The van der Waals surface area contributed by atoms with E-state index in [0.717, 1.165) is 30.3 Å². The van der Waals surface area contributed by atoms with Gasteiger partial charge in [0, 0.05) is 7.11 Å². The number of hydrogen-bond acceptors (Lipinski definition) is 1. The van der Waals surface area contributed by atoms with Crippen molar-refractivity contribution in [2.45, 2.75) is 70.8 Å². The molecular formula is C23H34O. The van der Waals surface area contributed by atoms with Crippen LogP contribution in [0, 0.1) is 17.8 Å². The molecular weight excluding hydrogens is 292 g/mol. The second-order valence-electron chi connectivity index (χ2n) is 7.99. The van der Waals surface area contributed by atoms with Gasteiger partial charge in [-0.15, -0.1) is 0 Å². The second-order valence-corrected chi connectivity index (χ2v) is 7.99. The summed E-state index contributed by atoms with van der Waals surface area (Å²) in [6.07, 6.45) is 16.1. The van der Waals surface area contributed by atoms with E-state index >= 15 is 0 Å². The molecule has 0 amide bonds.